The number of nitrogens with zero attached hydrogens (tertiary/aromatic N) is 1. The minimum absolute atomic E-state index is 0.431. The number of piperidine rings is 1. The van der Waals surface area contributed by atoms with E-state index < -0.39 is 0 Å². The van der Waals surface area contributed by atoms with E-state index in [4.69, 9.17) is 32.7 Å². The summed E-state index contributed by atoms with van der Waals surface area (Å²) in [4.78, 5) is 2.38. The normalized spacial score (nSPS) is 13.6. The predicted octanol–water partition coefficient (Wildman–Crippen LogP) is 7.57. The zero-order chi connectivity index (χ0) is 23.0. The molecule has 6 heteroatoms. The van der Waals surface area contributed by atoms with Crippen molar-refractivity contribution in [2.75, 3.05) is 29.9 Å². The van der Waals surface area contributed by atoms with Crippen LogP contribution in [0.2, 0.25) is 10.0 Å². The smallest absolute Gasteiger partial charge is 0.161 e. The molecule has 0 saturated carbocycles. The first-order chi connectivity index (χ1) is 16.1. The quantitative estimate of drug-likeness (QED) is 0.339. The van der Waals surface area contributed by atoms with Gasteiger partial charge in [0.05, 0.1) is 17.3 Å². The molecule has 4 rings (SSSR count). The van der Waals surface area contributed by atoms with Crippen LogP contribution >= 0.6 is 23.2 Å². The topological polar surface area (TPSA) is 33.7 Å². The molecule has 1 heterocycles. The van der Waals surface area contributed by atoms with Gasteiger partial charge in [-0.25, -0.2) is 0 Å². The summed E-state index contributed by atoms with van der Waals surface area (Å²) in [6, 6.07) is 19.9. The Morgan fingerprint density at radius 2 is 1.70 bits per heavy atom. The molecule has 0 spiro atoms. The lowest BCUT2D eigenvalue weighted by Crippen LogP contribution is -2.29. The van der Waals surface area contributed by atoms with E-state index in [1.165, 1.54) is 19.3 Å². The molecule has 0 atom stereocenters. The fraction of sp³-hybridized carbons (Fsp3) is 0.333. The van der Waals surface area contributed by atoms with Gasteiger partial charge >= 0.3 is 0 Å². The summed E-state index contributed by atoms with van der Waals surface area (Å²) in [7, 11) is 0. The molecule has 0 aliphatic carbocycles. The lowest BCUT2D eigenvalue weighted by molar-refractivity contribution is 0.269. The summed E-state index contributed by atoms with van der Waals surface area (Å²) in [5.41, 5.74) is 4.24. The summed E-state index contributed by atoms with van der Waals surface area (Å²) in [6.45, 7) is 5.79. The van der Waals surface area contributed by atoms with Crippen LogP contribution < -0.4 is 19.7 Å². The van der Waals surface area contributed by atoms with Gasteiger partial charge in [0.1, 0.15) is 6.61 Å². The van der Waals surface area contributed by atoms with Crippen LogP contribution in [0.1, 0.15) is 37.3 Å². The Labute approximate surface area is 206 Å². The van der Waals surface area contributed by atoms with Gasteiger partial charge in [-0.3, -0.25) is 0 Å². The van der Waals surface area contributed by atoms with Crippen LogP contribution in [-0.2, 0) is 13.2 Å². The highest BCUT2D eigenvalue weighted by atomic mass is 35.5. The van der Waals surface area contributed by atoms with E-state index in [1.807, 2.05) is 55.5 Å². The minimum atomic E-state index is 0.431. The Balaban J connectivity index is 1.39. The molecule has 1 aliphatic heterocycles. The number of rotatable bonds is 9. The predicted molar refractivity (Wildman–Crippen MR) is 138 cm³/mol. The molecule has 0 aromatic heterocycles. The number of hydrogen-bond donors (Lipinski definition) is 1. The Morgan fingerprint density at radius 1 is 0.848 bits per heavy atom. The third kappa shape index (κ3) is 6.49. The number of benzene rings is 3. The average molecular weight is 485 g/mol. The second-order valence-electron chi connectivity index (χ2n) is 8.20. The third-order valence-electron chi connectivity index (χ3n) is 5.73. The number of halogens is 2. The molecule has 3 aromatic carbocycles. The molecule has 1 aliphatic rings. The van der Waals surface area contributed by atoms with Gasteiger partial charge in [0.2, 0.25) is 0 Å². The van der Waals surface area contributed by atoms with E-state index in [-0.39, 0.29) is 0 Å². The van der Waals surface area contributed by atoms with E-state index in [0.717, 1.165) is 52.1 Å². The van der Waals surface area contributed by atoms with Gasteiger partial charge in [-0.1, -0.05) is 41.4 Å². The van der Waals surface area contributed by atoms with Gasteiger partial charge in [0.25, 0.3) is 0 Å². The molecule has 0 bridgehead atoms. The minimum Gasteiger partial charge on any atom is -0.490 e. The van der Waals surface area contributed by atoms with Crippen molar-refractivity contribution in [1.29, 1.82) is 0 Å². The van der Waals surface area contributed by atoms with Crippen molar-refractivity contribution in [3.63, 3.8) is 0 Å². The maximum atomic E-state index is 6.60. The van der Waals surface area contributed by atoms with Gasteiger partial charge in [-0.2, -0.15) is 0 Å². The van der Waals surface area contributed by atoms with E-state index in [9.17, 15) is 0 Å². The van der Waals surface area contributed by atoms with Crippen molar-refractivity contribution in [2.45, 2.75) is 39.3 Å². The standard InChI is InChI=1S/C27H30Cl2N2O2/c1-2-32-27-16-20(9-12-26(27)33-19-21-7-6-8-22(28)15-21)18-30-23-10-11-25(24(29)17-23)31-13-4-3-5-14-31/h6-12,15-17,30H,2-5,13-14,18-19H2,1H3. The van der Waals surface area contributed by atoms with Crippen LogP contribution in [0.3, 0.4) is 0 Å². The molecule has 174 valence electrons. The maximum absolute atomic E-state index is 6.60. The van der Waals surface area contributed by atoms with E-state index in [0.29, 0.717) is 24.8 Å². The van der Waals surface area contributed by atoms with Crippen LogP contribution in [0.5, 0.6) is 11.5 Å². The second kappa shape index (κ2) is 11.5. The summed E-state index contributed by atoms with van der Waals surface area (Å²) in [6.07, 6.45) is 3.77. The fourth-order valence-corrected chi connectivity index (χ4v) is 4.56. The highest BCUT2D eigenvalue weighted by Gasteiger charge is 2.14. The first-order valence-electron chi connectivity index (χ1n) is 11.5. The van der Waals surface area contributed by atoms with Crippen LogP contribution in [0.15, 0.2) is 60.7 Å². The van der Waals surface area contributed by atoms with Crippen LogP contribution in [0.25, 0.3) is 0 Å². The molecule has 0 radical (unpaired) electrons. The van der Waals surface area contributed by atoms with Crippen molar-refractivity contribution >= 4 is 34.6 Å². The van der Waals surface area contributed by atoms with Gasteiger partial charge in [-0.05, 0) is 79.8 Å². The molecule has 0 amide bonds. The Hall–Kier alpha value is -2.56. The highest BCUT2D eigenvalue weighted by molar-refractivity contribution is 6.33. The van der Waals surface area contributed by atoms with Crippen molar-refractivity contribution in [2.24, 2.45) is 0 Å². The molecule has 1 saturated heterocycles. The monoisotopic (exact) mass is 484 g/mol. The Bertz CT molecular complexity index is 1070. The van der Waals surface area contributed by atoms with Gasteiger partial charge in [-0.15, -0.1) is 0 Å². The molecule has 0 unspecified atom stereocenters. The zero-order valence-corrected chi connectivity index (χ0v) is 20.5. The van der Waals surface area contributed by atoms with Crippen LogP contribution in [0.4, 0.5) is 11.4 Å². The van der Waals surface area contributed by atoms with Gasteiger partial charge in [0, 0.05) is 30.3 Å². The SMILES string of the molecule is CCOc1cc(CNc2ccc(N3CCCCC3)c(Cl)c2)ccc1OCc1cccc(Cl)c1. The van der Waals surface area contributed by atoms with Crippen molar-refractivity contribution < 1.29 is 9.47 Å². The summed E-state index contributed by atoms with van der Waals surface area (Å²) < 4.78 is 11.8. The van der Waals surface area contributed by atoms with Crippen molar-refractivity contribution in [1.82, 2.24) is 0 Å². The first kappa shape index (κ1) is 23.6. The fourth-order valence-electron chi connectivity index (χ4n) is 4.05. The highest BCUT2D eigenvalue weighted by Crippen LogP contribution is 2.32. The zero-order valence-electron chi connectivity index (χ0n) is 18.9. The van der Waals surface area contributed by atoms with E-state index in [1.54, 1.807) is 0 Å². The Morgan fingerprint density at radius 3 is 2.45 bits per heavy atom. The number of anilines is 2. The van der Waals surface area contributed by atoms with E-state index >= 15 is 0 Å². The molecule has 1 N–H and O–H groups in total. The lowest BCUT2D eigenvalue weighted by Gasteiger charge is -2.29. The van der Waals surface area contributed by atoms with Crippen LogP contribution in [0, 0.1) is 0 Å². The largest absolute Gasteiger partial charge is 0.490 e. The second-order valence-corrected chi connectivity index (χ2v) is 9.04. The molecular formula is C27H30Cl2N2O2. The third-order valence-corrected chi connectivity index (χ3v) is 6.27. The molecular weight excluding hydrogens is 455 g/mol. The lowest BCUT2D eigenvalue weighted by atomic mass is 10.1. The molecule has 1 fully saturated rings. The first-order valence-corrected chi connectivity index (χ1v) is 12.3. The Kier molecular flexibility index (Phi) is 8.25. The van der Waals surface area contributed by atoms with E-state index in [2.05, 4.69) is 22.3 Å². The van der Waals surface area contributed by atoms with Gasteiger partial charge in [0.15, 0.2) is 11.5 Å². The summed E-state index contributed by atoms with van der Waals surface area (Å²) in [5.74, 6) is 1.45. The van der Waals surface area contributed by atoms with Crippen molar-refractivity contribution in [3.05, 3.63) is 81.8 Å². The number of hydrogen-bond acceptors (Lipinski definition) is 4. The molecule has 4 nitrogen and oxygen atoms in total. The molecule has 3 aromatic rings. The summed E-state index contributed by atoms with van der Waals surface area (Å²) >= 11 is 12.7. The van der Waals surface area contributed by atoms with Crippen molar-refractivity contribution in [3.8, 4) is 11.5 Å². The van der Waals surface area contributed by atoms with Crippen LogP contribution in [-0.4, -0.2) is 19.7 Å². The van der Waals surface area contributed by atoms with Gasteiger partial charge < -0.3 is 19.7 Å². The maximum Gasteiger partial charge on any atom is 0.161 e. The summed E-state index contributed by atoms with van der Waals surface area (Å²) in [5, 5.41) is 4.96. The number of ether oxygens (including phenoxy) is 2. The average Bonchev–Trinajstić information content (AvgIpc) is 2.83. The number of nitrogens with one attached hydrogen (secondary N) is 1. The molecule has 33 heavy (non-hydrogen) atoms.